The number of fused-ring (bicyclic) bond motifs is 1. The van der Waals surface area contributed by atoms with Crippen LogP contribution in [0.1, 0.15) is 11.6 Å². The molecule has 7 N–H and O–H groups in total. The molecule has 0 aliphatic carbocycles. The lowest BCUT2D eigenvalue weighted by molar-refractivity contribution is -0.00836. The number of nitrogens with zero attached hydrogens (tertiary/aromatic N) is 1. The zero-order chi connectivity index (χ0) is 15.3. The van der Waals surface area contributed by atoms with Gasteiger partial charge in [0.05, 0.1) is 12.1 Å². The number of H-pyrrole nitrogens is 2. The number of aliphatic hydroxyl groups is 2. The largest absolute Gasteiger partial charge is 0.388 e. The second-order valence-corrected chi connectivity index (χ2v) is 4.90. The molecule has 114 valence electrons. The third kappa shape index (κ3) is 2.07. The molecule has 1 aliphatic heterocycles. The molecular weight excluding hydrogens is 288 g/mol. The van der Waals surface area contributed by atoms with Gasteiger partial charge < -0.3 is 20.9 Å². The van der Waals surface area contributed by atoms with Gasteiger partial charge in [-0.15, -0.1) is 0 Å². The van der Waals surface area contributed by atoms with Gasteiger partial charge in [-0.1, -0.05) is 0 Å². The summed E-state index contributed by atoms with van der Waals surface area (Å²) < 4.78 is 25.6. The van der Waals surface area contributed by atoms with E-state index < -0.39 is 36.3 Å². The molecule has 0 spiro atoms. The van der Waals surface area contributed by atoms with Gasteiger partial charge in [0.1, 0.15) is 23.2 Å². The highest BCUT2D eigenvalue weighted by molar-refractivity contribution is 5.79. The molecule has 0 bridgehead atoms. The Morgan fingerprint density at radius 3 is 2.67 bits per heavy atom. The van der Waals surface area contributed by atoms with Gasteiger partial charge in [-0.3, -0.25) is 15.1 Å². The van der Waals surface area contributed by atoms with Crippen LogP contribution in [0.15, 0.2) is 11.0 Å². The maximum Gasteiger partial charge on any atom is 0.276 e. The Hall–Kier alpha value is -2.04. The number of aromatic amines is 2. The number of anilines is 1. The Morgan fingerprint density at radius 2 is 2.05 bits per heavy atom. The van der Waals surface area contributed by atoms with Crippen molar-refractivity contribution in [3.63, 3.8) is 0 Å². The fraction of sp³-hybridized carbons (Fsp3) is 0.455. The van der Waals surface area contributed by atoms with Gasteiger partial charge in [0.15, 0.2) is 0 Å². The summed E-state index contributed by atoms with van der Waals surface area (Å²) in [4.78, 5) is 20.6. The second-order valence-electron chi connectivity index (χ2n) is 4.90. The molecule has 1 saturated heterocycles. The van der Waals surface area contributed by atoms with Crippen LogP contribution in [-0.2, 0) is 0 Å². The van der Waals surface area contributed by atoms with Crippen molar-refractivity contribution in [2.45, 2.75) is 30.7 Å². The van der Waals surface area contributed by atoms with Gasteiger partial charge >= 0.3 is 0 Å². The Balaban J connectivity index is 2.07. The Bertz CT molecular complexity index is 730. The monoisotopic (exact) mass is 301 g/mol. The van der Waals surface area contributed by atoms with E-state index in [0.29, 0.717) is 0 Å². The van der Waals surface area contributed by atoms with Crippen LogP contribution in [0, 0.1) is 0 Å². The fourth-order valence-corrected chi connectivity index (χ4v) is 2.60. The molecule has 1 aliphatic rings. The van der Waals surface area contributed by atoms with Crippen LogP contribution in [0.3, 0.4) is 0 Å². The molecule has 2 aromatic rings. The van der Waals surface area contributed by atoms with Crippen LogP contribution in [0.5, 0.6) is 0 Å². The molecule has 0 radical (unpaired) electrons. The van der Waals surface area contributed by atoms with Gasteiger partial charge in [0, 0.05) is 11.8 Å². The van der Waals surface area contributed by atoms with Crippen molar-refractivity contribution in [3.8, 4) is 0 Å². The molecule has 8 nitrogen and oxygen atoms in total. The number of nitrogens with two attached hydrogens (primary N) is 1. The molecule has 21 heavy (non-hydrogen) atoms. The molecule has 0 aromatic carbocycles. The third-order valence-corrected chi connectivity index (χ3v) is 3.62. The molecule has 1 fully saturated rings. The number of nitrogen functional groups attached to an aromatic ring is 1. The topological polar surface area (TPSA) is 140 Å². The van der Waals surface area contributed by atoms with Gasteiger partial charge in [-0.25, -0.2) is 13.8 Å². The summed E-state index contributed by atoms with van der Waals surface area (Å²) in [5, 5.41) is 22.1. The lowest BCUT2D eigenvalue weighted by Crippen LogP contribution is -2.39. The standard InChI is InChI=1S/C11H13F2N5O3/c12-9(13)6-8(20)7(19)4(16-6)2-1-15-5-3(2)17-11(14)18-10(5)21/h1,4,6-9,15-16,19-20H,(H3,14,17,18,21)/t4-,6-,7-,8+/m0/s1. The predicted octanol–water partition coefficient (Wildman–Crippen LogP) is -1.17. The maximum atomic E-state index is 12.8. The maximum absolute atomic E-state index is 12.8. The van der Waals surface area contributed by atoms with Crippen molar-refractivity contribution >= 4 is 17.0 Å². The number of halogens is 2. The van der Waals surface area contributed by atoms with Crippen LogP contribution in [0.2, 0.25) is 0 Å². The van der Waals surface area contributed by atoms with E-state index in [-0.39, 0.29) is 22.5 Å². The smallest absolute Gasteiger partial charge is 0.276 e. The van der Waals surface area contributed by atoms with Gasteiger partial charge in [-0.2, -0.15) is 0 Å². The van der Waals surface area contributed by atoms with Crippen molar-refractivity contribution in [2.24, 2.45) is 0 Å². The van der Waals surface area contributed by atoms with Crippen LogP contribution in [0.4, 0.5) is 14.7 Å². The Labute approximate surface area is 116 Å². The molecule has 3 heterocycles. The highest BCUT2D eigenvalue weighted by Crippen LogP contribution is 2.32. The summed E-state index contributed by atoms with van der Waals surface area (Å²) in [6, 6.07) is -2.55. The van der Waals surface area contributed by atoms with Crippen molar-refractivity contribution in [2.75, 3.05) is 5.73 Å². The average molecular weight is 301 g/mol. The van der Waals surface area contributed by atoms with E-state index in [0.717, 1.165) is 0 Å². The van der Waals surface area contributed by atoms with Crippen molar-refractivity contribution in [1.29, 1.82) is 0 Å². The highest BCUT2D eigenvalue weighted by atomic mass is 19.3. The number of aliphatic hydroxyl groups excluding tert-OH is 2. The molecule has 3 rings (SSSR count). The first-order valence-corrected chi connectivity index (χ1v) is 6.17. The number of rotatable bonds is 2. The number of alkyl halides is 2. The highest BCUT2D eigenvalue weighted by Gasteiger charge is 2.46. The molecular formula is C11H13F2N5O3. The summed E-state index contributed by atoms with van der Waals surface area (Å²) in [5.74, 6) is -0.133. The van der Waals surface area contributed by atoms with E-state index >= 15 is 0 Å². The van der Waals surface area contributed by atoms with Gasteiger partial charge in [0.2, 0.25) is 5.95 Å². The zero-order valence-electron chi connectivity index (χ0n) is 10.5. The van der Waals surface area contributed by atoms with Crippen LogP contribution >= 0.6 is 0 Å². The number of hydrogen-bond acceptors (Lipinski definition) is 6. The Kier molecular flexibility index (Phi) is 3.15. The first-order chi connectivity index (χ1) is 9.90. The fourth-order valence-electron chi connectivity index (χ4n) is 2.60. The molecule has 2 aromatic heterocycles. The van der Waals surface area contributed by atoms with Crippen molar-refractivity contribution in [3.05, 3.63) is 22.1 Å². The number of aromatic nitrogens is 3. The van der Waals surface area contributed by atoms with Crippen LogP contribution in [0.25, 0.3) is 11.0 Å². The second kappa shape index (κ2) is 4.76. The Morgan fingerprint density at radius 1 is 1.33 bits per heavy atom. The van der Waals surface area contributed by atoms with Crippen LogP contribution < -0.4 is 16.6 Å². The molecule has 10 heteroatoms. The first kappa shape index (κ1) is 13.9. The summed E-state index contributed by atoms with van der Waals surface area (Å²) in [6.07, 6.45) is -4.55. The van der Waals surface area contributed by atoms with E-state index in [2.05, 4.69) is 20.3 Å². The predicted molar refractivity (Wildman–Crippen MR) is 68.8 cm³/mol. The van der Waals surface area contributed by atoms with E-state index in [4.69, 9.17) is 5.73 Å². The molecule has 0 amide bonds. The van der Waals surface area contributed by atoms with Gasteiger partial charge in [-0.05, 0) is 0 Å². The lowest BCUT2D eigenvalue weighted by atomic mass is 10.0. The molecule has 4 atom stereocenters. The third-order valence-electron chi connectivity index (χ3n) is 3.62. The minimum atomic E-state index is -2.84. The minimum absolute atomic E-state index is 0.114. The summed E-state index contributed by atoms with van der Waals surface area (Å²) >= 11 is 0. The van der Waals surface area contributed by atoms with E-state index in [1.165, 1.54) is 6.20 Å². The molecule has 0 unspecified atom stereocenters. The van der Waals surface area contributed by atoms with Crippen LogP contribution in [-0.4, -0.2) is 49.8 Å². The number of hydrogen-bond donors (Lipinski definition) is 6. The van der Waals surface area contributed by atoms with E-state index in [1.807, 2.05) is 0 Å². The quantitative estimate of drug-likeness (QED) is 0.413. The first-order valence-electron chi connectivity index (χ1n) is 6.17. The summed E-state index contributed by atoms with van der Waals surface area (Å²) in [6.45, 7) is 0. The zero-order valence-corrected chi connectivity index (χ0v) is 10.5. The van der Waals surface area contributed by atoms with Crippen molar-refractivity contribution in [1.82, 2.24) is 20.3 Å². The van der Waals surface area contributed by atoms with Crippen molar-refractivity contribution < 1.29 is 19.0 Å². The molecule has 0 saturated carbocycles. The normalized spacial score (nSPS) is 29.6. The SMILES string of the molecule is Nc1nc2c([C@@H]3N[C@H](C(F)F)[C@@H](O)[C@H]3O)c[nH]c2c(=O)[nH]1. The summed E-state index contributed by atoms with van der Waals surface area (Å²) in [7, 11) is 0. The lowest BCUT2D eigenvalue weighted by Gasteiger charge is -2.14. The summed E-state index contributed by atoms with van der Waals surface area (Å²) in [5.41, 5.74) is 5.51. The average Bonchev–Trinajstić information content (AvgIpc) is 2.93. The van der Waals surface area contributed by atoms with E-state index in [9.17, 15) is 23.8 Å². The van der Waals surface area contributed by atoms with Gasteiger partial charge in [0.25, 0.3) is 12.0 Å². The number of nitrogens with one attached hydrogen (secondary N) is 3. The van der Waals surface area contributed by atoms with E-state index in [1.54, 1.807) is 0 Å². The minimum Gasteiger partial charge on any atom is -0.388 e.